The molecule has 2 saturated carbocycles. The molecular weight excluding hydrogens is 194 g/mol. The third kappa shape index (κ3) is 2.20. The molecular formula is C15H25N. The van der Waals surface area contributed by atoms with Crippen molar-refractivity contribution < 1.29 is 0 Å². The zero-order valence-corrected chi connectivity index (χ0v) is 10.7. The van der Waals surface area contributed by atoms with Crippen LogP contribution in [0.3, 0.4) is 0 Å². The molecule has 0 amide bonds. The van der Waals surface area contributed by atoms with Crippen LogP contribution < -0.4 is 5.32 Å². The molecule has 0 aromatic carbocycles. The van der Waals surface area contributed by atoms with Gasteiger partial charge in [0.05, 0.1) is 0 Å². The smallest absolute Gasteiger partial charge is 0.00753 e. The van der Waals surface area contributed by atoms with Crippen molar-refractivity contribution in [3.05, 3.63) is 12.2 Å². The van der Waals surface area contributed by atoms with E-state index in [0.717, 1.165) is 29.7 Å². The van der Waals surface area contributed by atoms with Gasteiger partial charge in [0.1, 0.15) is 0 Å². The molecule has 1 nitrogen and oxygen atoms in total. The van der Waals surface area contributed by atoms with Crippen LogP contribution in [-0.2, 0) is 0 Å². The Morgan fingerprint density at radius 1 is 1.19 bits per heavy atom. The fourth-order valence-electron chi connectivity index (χ4n) is 3.89. The quantitative estimate of drug-likeness (QED) is 0.699. The molecule has 0 spiro atoms. The molecule has 2 bridgehead atoms. The van der Waals surface area contributed by atoms with Gasteiger partial charge in [-0.15, -0.1) is 0 Å². The first kappa shape index (κ1) is 10.8. The summed E-state index contributed by atoms with van der Waals surface area (Å²) in [6.45, 7) is 4.78. The Morgan fingerprint density at radius 3 is 2.56 bits per heavy atom. The van der Waals surface area contributed by atoms with Gasteiger partial charge in [0.2, 0.25) is 0 Å². The van der Waals surface area contributed by atoms with E-state index in [-0.39, 0.29) is 0 Å². The maximum absolute atomic E-state index is 3.84. The number of nitrogens with one attached hydrogen (secondary N) is 1. The van der Waals surface area contributed by atoms with Crippen molar-refractivity contribution in [2.45, 2.75) is 58.0 Å². The number of allylic oxidation sites excluding steroid dienone is 2. The van der Waals surface area contributed by atoms with Crippen LogP contribution in [0, 0.1) is 23.7 Å². The van der Waals surface area contributed by atoms with Crippen molar-refractivity contribution in [1.82, 2.24) is 5.32 Å². The first-order valence-corrected chi connectivity index (χ1v) is 7.16. The second-order valence-electron chi connectivity index (χ2n) is 6.48. The van der Waals surface area contributed by atoms with Crippen molar-refractivity contribution in [2.75, 3.05) is 0 Å². The second-order valence-corrected chi connectivity index (χ2v) is 6.48. The summed E-state index contributed by atoms with van der Waals surface area (Å²) in [4.78, 5) is 0. The molecule has 2 fully saturated rings. The highest BCUT2D eigenvalue weighted by atomic mass is 14.9. The summed E-state index contributed by atoms with van der Waals surface area (Å²) in [5, 5.41) is 3.84. The molecule has 0 heterocycles. The van der Waals surface area contributed by atoms with Gasteiger partial charge < -0.3 is 5.32 Å². The average molecular weight is 219 g/mol. The molecule has 1 N–H and O–H groups in total. The normalized spacial score (nSPS) is 40.2. The molecule has 90 valence electrons. The summed E-state index contributed by atoms with van der Waals surface area (Å²) < 4.78 is 0. The Labute approximate surface area is 99.7 Å². The van der Waals surface area contributed by atoms with Crippen molar-refractivity contribution in [3.8, 4) is 0 Å². The molecule has 16 heavy (non-hydrogen) atoms. The summed E-state index contributed by atoms with van der Waals surface area (Å²) in [7, 11) is 0. The van der Waals surface area contributed by atoms with E-state index in [2.05, 4.69) is 31.3 Å². The highest BCUT2D eigenvalue weighted by molar-refractivity contribution is 5.11. The van der Waals surface area contributed by atoms with Crippen LogP contribution in [0.5, 0.6) is 0 Å². The van der Waals surface area contributed by atoms with E-state index in [9.17, 15) is 0 Å². The summed E-state index contributed by atoms with van der Waals surface area (Å²) in [6, 6.07) is 1.44. The first-order chi connectivity index (χ1) is 7.72. The van der Waals surface area contributed by atoms with Gasteiger partial charge in [0.15, 0.2) is 0 Å². The third-order valence-electron chi connectivity index (χ3n) is 4.90. The highest BCUT2D eigenvalue weighted by Crippen LogP contribution is 2.45. The van der Waals surface area contributed by atoms with Crippen LogP contribution in [0.1, 0.15) is 46.0 Å². The van der Waals surface area contributed by atoms with Gasteiger partial charge >= 0.3 is 0 Å². The van der Waals surface area contributed by atoms with E-state index >= 15 is 0 Å². The monoisotopic (exact) mass is 219 g/mol. The molecule has 0 saturated heterocycles. The molecule has 0 aromatic heterocycles. The van der Waals surface area contributed by atoms with Crippen LogP contribution >= 0.6 is 0 Å². The lowest BCUT2D eigenvalue weighted by atomic mass is 9.87. The van der Waals surface area contributed by atoms with Gasteiger partial charge in [-0.05, 0) is 56.8 Å². The minimum absolute atomic E-state index is 0.716. The molecule has 3 aliphatic carbocycles. The Morgan fingerprint density at radius 2 is 2.00 bits per heavy atom. The number of fused-ring (bicyclic) bond motifs is 2. The topological polar surface area (TPSA) is 12.0 Å². The van der Waals surface area contributed by atoms with Crippen LogP contribution in [0.2, 0.25) is 0 Å². The average Bonchev–Trinajstić information content (AvgIpc) is 2.81. The number of hydrogen-bond donors (Lipinski definition) is 1. The zero-order valence-electron chi connectivity index (χ0n) is 10.7. The molecule has 0 aromatic rings. The largest absolute Gasteiger partial charge is 0.311 e. The maximum atomic E-state index is 3.84. The van der Waals surface area contributed by atoms with Crippen molar-refractivity contribution in [2.24, 2.45) is 23.7 Å². The SMILES string of the molecule is CC(CC1CC1)NC(C)C1CC2C=CC1C2. The molecule has 3 rings (SSSR count). The summed E-state index contributed by atoms with van der Waals surface area (Å²) in [5.74, 6) is 3.77. The van der Waals surface area contributed by atoms with Crippen LogP contribution in [0.15, 0.2) is 12.2 Å². The molecule has 5 unspecified atom stereocenters. The van der Waals surface area contributed by atoms with Crippen molar-refractivity contribution >= 4 is 0 Å². The summed E-state index contributed by atoms with van der Waals surface area (Å²) in [5.41, 5.74) is 0. The lowest BCUT2D eigenvalue weighted by molar-refractivity contribution is 0.297. The van der Waals surface area contributed by atoms with Crippen LogP contribution in [-0.4, -0.2) is 12.1 Å². The summed E-state index contributed by atoms with van der Waals surface area (Å²) in [6.07, 6.45) is 12.2. The predicted molar refractivity (Wildman–Crippen MR) is 68.2 cm³/mol. The lowest BCUT2D eigenvalue weighted by Crippen LogP contribution is -2.41. The van der Waals surface area contributed by atoms with Crippen molar-refractivity contribution in [1.29, 1.82) is 0 Å². The Balaban J connectivity index is 1.48. The van der Waals surface area contributed by atoms with E-state index in [0.29, 0.717) is 6.04 Å². The van der Waals surface area contributed by atoms with Gasteiger partial charge in [0, 0.05) is 12.1 Å². The van der Waals surface area contributed by atoms with Gasteiger partial charge in [-0.2, -0.15) is 0 Å². The maximum Gasteiger partial charge on any atom is 0.00753 e. The number of rotatable bonds is 5. The number of hydrogen-bond acceptors (Lipinski definition) is 1. The van der Waals surface area contributed by atoms with E-state index < -0.39 is 0 Å². The van der Waals surface area contributed by atoms with Gasteiger partial charge in [-0.1, -0.05) is 25.0 Å². The van der Waals surface area contributed by atoms with Gasteiger partial charge in [-0.3, -0.25) is 0 Å². The minimum Gasteiger partial charge on any atom is -0.311 e. The first-order valence-electron chi connectivity index (χ1n) is 7.16. The highest BCUT2D eigenvalue weighted by Gasteiger charge is 2.38. The van der Waals surface area contributed by atoms with E-state index in [1.165, 1.54) is 32.1 Å². The molecule has 5 atom stereocenters. The lowest BCUT2D eigenvalue weighted by Gasteiger charge is -2.29. The fourth-order valence-corrected chi connectivity index (χ4v) is 3.89. The van der Waals surface area contributed by atoms with Crippen LogP contribution in [0.4, 0.5) is 0 Å². The van der Waals surface area contributed by atoms with E-state index in [4.69, 9.17) is 0 Å². The Bertz CT molecular complexity index is 279. The molecule has 3 aliphatic rings. The van der Waals surface area contributed by atoms with Gasteiger partial charge in [0.25, 0.3) is 0 Å². The van der Waals surface area contributed by atoms with Crippen molar-refractivity contribution in [3.63, 3.8) is 0 Å². The predicted octanol–water partition coefficient (Wildman–Crippen LogP) is 3.37. The Kier molecular flexibility index (Phi) is 2.83. The zero-order chi connectivity index (χ0) is 11.1. The molecule has 0 aliphatic heterocycles. The minimum atomic E-state index is 0.716. The summed E-state index contributed by atoms with van der Waals surface area (Å²) >= 11 is 0. The second kappa shape index (κ2) is 4.18. The van der Waals surface area contributed by atoms with E-state index in [1.54, 1.807) is 0 Å². The standard InChI is InChI=1S/C15H25N/c1-10(7-12-3-4-12)16-11(2)15-9-13-5-6-14(15)8-13/h5-6,10-16H,3-4,7-9H2,1-2H3. The fraction of sp³-hybridized carbons (Fsp3) is 0.867. The van der Waals surface area contributed by atoms with Gasteiger partial charge in [-0.25, -0.2) is 0 Å². The molecule has 0 radical (unpaired) electrons. The third-order valence-corrected chi connectivity index (χ3v) is 4.90. The van der Waals surface area contributed by atoms with Crippen LogP contribution in [0.25, 0.3) is 0 Å². The molecule has 1 heteroatoms. The Hall–Kier alpha value is -0.300. The van der Waals surface area contributed by atoms with E-state index in [1.807, 2.05) is 0 Å².